The molecule has 0 atom stereocenters. The Morgan fingerprint density at radius 3 is 1.92 bits per heavy atom. The summed E-state index contributed by atoms with van der Waals surface area (Å²) >= 11 is 0. The van der Waals surface area contributed by atoms with Crippen molar-refractivity contribution in [1.29, 1.82) is 0 Å². The minimum Gasteiger partial charge on any atom is -0.748 e. The second kappa shape index (κ2) is 3.96. The fourth-order valence-corrected chi connectivity index (χ4v) is 2.89. The van der Waals surface area contributed by atoms with Gasteiger partial charge < -0.3 is 4.55 Å². The molecule has 1 saturated carbocycles. The Morgan fingerprint density at radius 2 is 1.62 bits per heavy atom. The Bertz CT molecular complexity index is 248. The molecule has 0 aromatic carbocycles. The van der Waals surface area contributed by atoms with Gasteiger partial charge in [-0.3, -0.25) is 0 Å². The van der Waals surface area contributed by atoms with E-state index in [9.17, 15) is 13.0 Å². The molecule has 0 radical (unpaired) electrons. The van der Waals surface area contributed by atoms with E-state index >= 15 is 0 Å². The first-order valence-corrected chi connectivity index (χ1v) is 6.33. The lowest BCUT2D eigenvalue weighted by atomic mass is 9.82. The van der Waals surface area contributed by atoms with Crippen LogP contribution in [0.2, 0.25) is 0 Å². The summed E-state index contributed by atoms with van der Waals surface area (Å²) in [6.07, 6.45) is 2.91. The summed E-state index contributed by atoms with van der Waals surface area (Å²) in [5.41, 5.74) is 0. The fourth-order valence-electron chi connectivity index (χ4n) is 2.04. The van der Waals surface area contributed by atoms with E-state index < -0.39 is 15.4 Å². The monoisotopic (exact) mass is 205 g/mol. The molecule has 0 heterocycles. The smallest absolute Gasteiger partial charge is 0.0975 e. The molecule has 3 nitrogen and oxygen atoms in total. The summed E-state index contributed by atoms with van der Waals surface area (Å²) in [5, 5.41) is -0.609. The highest BCUT2D eigenvalue weighted by molar-refractivity contribution is 7.86. The molecule has 1 fully saturated rings. The summed E-state index contributed by atoms with van der Waals surface area (Å²) in [6, 6.07) is 0. The zero-order chi connectivity index (χ0) is 10.1. The van der Waals surface area contributed by atoms with E-state index in [2.05, 4.69) is 13.8 Å². The van der Waals surface area contributed by atoms with Crippen molar-refractivity contribution in [1.82, 2.24) is 0 Å². The molecular weight excluding hydrogens is 188 g/mol. The first-order valence-electron chi connectivity index (χ1n) is 4.86. The topological polar surface area (TPSA) is 57.2 Å². The Morgan fingerprint density at radius 1 is 1.15 bits per heavy atom. The second-order valence-corrected chi connectivity index (χ2v) is 5.93. The van der Waals surface area contributed by atoms with Crippen molar-refractivity contribution in [3.05, 3.63) is 0 Å². The molecule has 0 saturated heterocycles. The highest BCUT2D eigenvalue weighted by Gasteiger charge is 2.26. The summed E-state index contributed by atoms with van der Waals surface area (Å²) in [6.45, 7) is 4.30. The quantitative estimate of drug-likeness (QED) is 0.645. The van der Waals surface area contributed by atoms with E-state index in [0.29, 0.717) is 24.7 Å². The maximum absolute atomic E-state index is 10.7. The van der Waals surface area contributed by atoms with Gasteiger partial charge in [-0.25, -0.2) is 8.42 Å². The minimum absolute atomic E-state index is 0.564. The first kappa shape index (κ1) is 11.0. The highest BCUT2D eigenvalue weighted by atomic mass is 32.2. The Kier molecular flexibility index (Phi) is 3.35. The SMILES string of the molecule is CC(C)C1CCC(S(=O)(=O)[O-])CC1. The maximum Gasteiger partial charge on any atom is 0.0975 e. The van der Waals surface area contributed by atoms with Gasteiger partial charge in [0.2, 0.25) is 0 Å². The van der Waals surface area contributed by atoms with Gasteiger partial charge in [0.05, 0.1) is 10.1 Å². The van der Waals surface area contributed by atoms with Crippen LogP contribution in [0.4, 0.5) is 0 Å². The normalized spacial score (nSPS) is 30.8. The van der Waals surface area contributed by atoms with Crippen molar-refractivity contribution in [3.63, 3.8) is 0 Å². The van der Waals surface area contributed by atoms with E-state index in [1.807, 2.05) is 0 Å². The number of hydrogen-bond donors (Lipinski definition) is 0. The lowest BCUT2D eigenvalue weighted by Crippen LogP contribution is -2.28. The Hall–Kier alpha value is -0.0900. The maximum atomic E-state index is 10.7. The van der Waals surface area contributed by atoms with Gasteiger partial charge in [0.15, 0.2) is 0 Å². The summed E-state index contributed by atoms with van der Waals surface area (Å²) in [7, 11) is -4.03. The standard InChI is InChI=1S/C9H18O3S/c1-7(2)8-3-5-9(6-4-8)13(10,11)12/h7-9H,3-6H2,1-2H3,(H,10,11,12)/p-1. The summed E-state index contributed by atoms with van der Waals surface area (Å²) < 4.78 is 32.1. The van der Waals surface area contributed by atoms with Gasteiger partial charge in [-0.15, -0.1) is 0 Å². The van der Waals surface area contributed by atoms with Crippen molar-refractivity contribution < 1.29 is 13.0 Å². The second-order valence-electron chi connectivity index (χ2n) is 4.27. The average molecular weight is 205 g/mol. The van der Waals surface area contributed by atoms with Crippen molar-refractivity contribution in [3.8, 4) is 0 Å². The van der Waals surface area contributed by atoms with Crippen LogP contribution in [0.1, 0.15) is 39.5 Å². The van der Waals surface area contributed by atoms with Crippen LogP contribution in [-0.2, 0) is 10.1 Å². The average Bonchev–Trinajstić information content (AvgIpc) is 2.03. The summed E-state index contributed by atoms with van der Waals surface area (Å²) in [5.74, 6) is 1.22. The predicted molar refractivity (Wildman–Crippen MR) is 50.3 cm³/mol. The predicted octanol–water partition coefficient (Wildman–Crippen LogP) is 1.75. The molecule has 0 N–H and O–H groups in total. The molecule has 0 spiro atoms. The van der Waals surface area contributed by atoms with Crippen LogP contribution in [0.25, 0.3) is 0 Å². The lowest BCUT2D eigenvalue weighted by molar-refractivity contribution is 0.273. The van der Waals surface area contributed by atoms with Crippen molar-refractivity contribution >= 4 is 10.1 Å². The molecule has 0 amide bonds. The van der Waals surface area contributed by atoms with Crippen LogP contribution >= 0.6 is 0 Å². The van der Waals surface area contributed by atoms with Gasteiger partial charge in [0.1, 0.15) is 0 Å². The number of rotatable bonds is 2. The molecule has 0 unspecified atom stereocenters. The van der Waals surface area contributed by atoms with Gasteiger partial charge in [-0.2, -0.15) is 0 Å². The Balaban J connectivity index is 2.49. The minimum atomic E-state index is -4.03. The molecule has 1 aliphatic carbocycles. The molecule has 1 rings (SSSR count). The molecule has 13 heavy (non-hydrogen) atoms. The lowest BCUT2D eigenvalue weighted by Gasteiger charge is -2.31. The molecular formula is C9H17O3S-. The van der Waals surface area contributed by atoms with Gasteiger partial charge in [0, 0.05) is 5.25 Å². The van der Waals surface area contributed by atoms with Gasteiger partial charge in [-0.05, 0) is 37.5 Å². The zero-order valence-electron chi connectivity index (χ0n) is 8.19. The van der Waals surface area contributed by atoms with Crippen LogP contribution in [-0.4, -0.2) is 18.2 Å². The molecule has 78 valence electrons. The fraction of sp³-hybridized carbons (Fsp3) is 1.00. The third-order valence-electron chi connectivity index (χ3n) is 3.07. The van der Waals surface area contributed by atoms with E-state index in [1.165, 1.54) is 0 Å². The third kappa shape index (κ3) is 2.95. The zero-order valence-corrected chi connectivity index (χ0v) is 9.01. The van der Waals surface area contributed by atoms with E-state index in [4.69, 9.17) is 0 Å². The van der Waals surface area contributed by atoms with E-state index in [0.717, 1.165) is 12.8 Å². The highest BCUT2D eigenvalue weighted by Crippen LogP contribution is 2.32. The van der Waals surface area contributed by atoms with Crippen LogP contribution in [0.5, 0.6) is 0 Å². The largest absolute Gasteiger partial charge is 0.748 e. The Labute approximate surface area is 80.3 Å². The molecule has 0 aromatic heterocycles. The van der Waals surface area contributed by atoms with Gasteiger partial charge in [-0.1, -0.05) is 13.8 Å². The first-order chi connectivity index (χ1) is 5.91. The van der Waals surface area contributed by atoms with Crippen molar-refractivity contribution in [2.24, 2.45) is 11.8 Å². The van der Waals surface area contributed by atoms with Crippen LogP contribution in [0, 0.1) is 11.8 Å². The van der Waals surface area contributed by atoms with E-state index in [-0.39, 0.29) is 0 Å². The molecule has 4 heteroatoms. The van der Waals surface area contributed by atoms with Crippen LogP contribution < -0.4 is 0 Å². The van der Waals surface area contributed by atoms with Crippen molar-refractivity contribution in [2.75, 3.05) is 0 Å². The molecule has 1 aliphatic rings. The molecule has 0 aromatic rings. The van der Waals surface area contributed by atoms with Gasteiger partial charge in [0.25, 0.3) is 0 Å². The van der Waals surface area contributed by atoms with Crippen molar-refractivity contribution in [2.45, 2.75) is 44.8 Å². The van der Waals surface area contributed by atoms with Crippen LogP contribution in [0.15, 0.2) is 0 Å². The summed E-state index contributed by atoms with van der Waals surface area (Å²) in [4.78, 5) is 0. The molecule has 0 bridgehead atoms. The van der Waals surface area contributed by atoms with E-state index in [1.54, 1.807) is 0 Å². The molecule has 0 aliphatic heterocycles. The van der Waals surface area contributed by atoms with Crippen LogP contribution in [0.3, 0.4) is 0 Å². The number of hydrogen-bond acceptors (Lipinski definition) is 3. The third-order valence-corrected chi connectivity index (χ3v) is 4.36. The van der Waals surface area contributed by atoms with Gasteiger partial charge >= 0.3 is 0 Å².